The van der Waals surface area contributed by atoms with Crippen molar-refractivity contribution < 1.29 is 19.7 Å². The maximum Gasteiger partial charge on any atom is 0.336 e. The first-order chi connectivity index (χ1) is 14.8. The minimum absolute atomic E-state index is 0.0171. The molecular weight excluding hydrogens is 390 g/mol. The molecule has 0 radical (unpaired) electrons. The molecule has 1 aromatic rings. The Balaban J connectivity index is 1.66. The quantitative estimate of drug-likeness (QED) is 0.473. The zero-order chi connectivity index (χ0) is 22.2. The molecule has 6 atom stereocenters. The second-order valence-corrected chi connectivity index (χ2v) is 10.1. The van der Waals surface area contributed by atoms with E-state index in [1.54, 1.807) is 0 Å². The monoisotopic (exact) mass is 425 g/mol. The predicted octanol–water partition coefficient (Wildman–Crippen LogP) is 4.08. The molecule has 2 aliphatic carbocycles. The molecule has 2 fully saturated rings. The van der Waals surface area contributed by atoms with E-state index in [-0.39, 0.29) is 35.9 Å². The molecule has 4 rings (SSSR count). The molecule has 2 saturated carbocycles. The highest BCUT2D eigenvalue weighted by Crippen LogP contribution is 2.62. The molecule has 5 heteroatoms. The number of nitrogens with one attached hydrogen (secondary N) is 1. The van der Waals surface area contributed by atoms with Crippen molar-refractivity contribution in [3.63, 3.8) is 0 Å². The van der Waals surface area contributed by atoms with E-state index in [1.807, 2.05) is 43.3 Å². The average molecular weight is 426 g/mol. The van der Waals surface area contributed by atoms with E-state index < -0.39 is 11.5 Å². The van der Waals surface area contributed by atoms with Gasteiger partial charge < -0.3 is 20.3 Å². The van der Waals surface area contributed by atoms with Crippen molar-refractivity contribution in [3.05, 3.63) is 54.1 Å². The van der Waals surface area contributed by atoms with Crippen molar-refractivity contribution in [2.24, 2.45) is 22.7 Å². The second-order valence-electron chi connectivity index (χ2n) is 10.1. The number of rotatable bonds is 6. The summed E-state index contributed by atoms with van der Waals surface area (Å²) in [5, 5.41) is 24.6. The lowest BCUT2D eigenvalue weighted by atomic mass is 9.46. The molecule has 1 aliphatic heterocycles. The lowest BCUT2D eigenvalue weighted by molar-refractivity contribution is -0.152. The smallest absolute Gasteiger partial charge is 0.336 e. The Morgan fingerprint density at radius 1 is 1.26 bits per heavy atom. The van der Waals surface area contributed by atoms with Crippen LogP contribution in [0.2, 0.25) is 0 Å². The molecule has 0 spiro atoms. The Bertz CT molecular complexity index is 865. The van der Waals surface area contributed by atoms with Gasteiger partial charge in [-0.05, 0) is 67.6 Å². The molecule has 0 amide bonds. The van der Waals surface area contributed by atoms with Crippen molar-refractivity contribution in [1.29, 1.82) is 0 Å². The second kappa shape index (κ2) is 8.44. The van der Waals surface area contributed by atoms with Crippen molar-refractivity contribution >= 4 is 11.7 Å². The van der Waals surface area contributed by atoms with Crippen LogP contribution in [0.4, 0.5) is 5.69 Å². The molecule has 5 nitrogen and oxygen atoms in total. The van der Waals surface area contributed by atoms with Crippen LogP contribution in [0, 0.1) is 22.7 Å². The number of carbonyl (C=O) groups is 1. The maximum absolute atomic E-state index is 12.5. The Morgan fingerprint density at radius 2 is 2.00 bits per heavy atom. The van der Waals surface area contributed by atoms with Crippen LogP contribution < -0.4 is 5.32 Å². The van der Waals surface area contributed by atoms with E-state index in [0.717, 1.165) is 31.4 Å². The van der Waals surface area contributed by atoms with Gasteiger partial charge in [0, 0.05) is 11.1 Å². The number of carbonyl (C=O) groups excluding carboxylic acids is 1. The predicted molar refractivity (Wildman–Crippen MR) is 121 cm³/mol. The average Bonchev–Trinajstić information content (AvgIpc) is 3.19. The maximum atomic E-state index is 12.5. The van der Waals surface area contributed by atoms with Gasteiger partial charge in [-0.15, -0.1) is 0 Å². The number of hydrogen-bond donors (Lipinski definition) is 3. The molecule has 3 N–H and O–H groups in total. The molecule has 31 heavy (non-hydrogen) atoms. The molecule has 3 unspecified atom stereocenters. The van der Waals surface area contributed by atoms with Gasteiger partial charge in [0.25, 0.3) is 0 Å². The first-order valence-corrected chi connectivity index (χ1v) is 11.4. The molecule has 0 bridgehead atoms. The van der Waals surface area contributed by atoms with E-state index >= 15 is 0 Å². The van der Waals surface area contributed by atoms with Gasteiger partial charge in [-0.2, -0.15) is 0 Å². The van der Waals surface area contributed by atoms with Crippen LogP contribution in [0.3, 0.4) is 0 Å². The largest absolute Gasteiger partial charge is 0.458 e. The van der Waals surface area contributed by atoms with E-state index in [0.29, 0.717) is 18.6 Å². The Kier molecular flexibility index (Phi) is 6.01. The van der Waals surface area contributed by atoms with E-state index in [2.05, 4.69) is 18.8 Å². The van der Waals surface area contributed by atoms with E-state index in [4.69, 9.17) is 4.74 Å². The van der Waals surface area contributed by atoms with Gasteiger partial charge in [0.15, 0.2) is 0 Å². The van der Waals surface area contributed by atoms with Gasteiger partial charge in [-0.1, -0.05) is 44.2 Å². The van der Waals surface area contributed by atoms with Crippen LogP contribution >= 0.6 is 0 Å². The van der Waals surface area contributed by atoms with Gasteiger partial charge in [-0.3, -0.25) is 0 Å². The molecule has 3 aliphatic rings. The van der Waals surface area contributed by atoms with Gasteiger partial charge in [-0.25, -0.2) is 4.79 Å². The van der Waals surface area contributed by atoms with Crippen LogP contribution in [-0.2, 0) is 9.53 Å². The number of para-hydroxylation sites is 1. The zero-order valence-corrected chi connectivity index (χ0v) is 18.6. The first-order valence-electron chi connectivity index (χ1n) is 11.4. The van der Waals surface area contributed by atoms with Gasteiger partial charge >= 0.3 is 5.97 Å². The third kappa shape index (κ3) is 3.83. The minimum Gasteiger partial charge on any atom is -0.458 e. The molecular formula is C26H35NO4. The van der Waals surface area contributed by atoms with E-state index in [1.165, 1.54) is 5.57 Å². The fourth-order valence-electron chi connectivity index (χ4n) is 6.53. The van der Waals surface area contributed by atoms with Crippen LogP contribution in [0.1, 0.15) is 46.0 Å². The van der Waals surface area contributed by atoms with Crippen molar-refractivity contribution in [2.45, 2.75) is 58.1 Å². The molecule has 1 aromatic carbocycles. The number of esters is 1. The summed E-state index contributed by atoms with van der Waals surface area (Å²) in [5.41, 5.74) is 2.26. The summed E-state index contributed by atoms with van der Waals surface area (Å²) in [6.45, 7) is 9.07. The highest BCUT2D eigenvalue weighted by molar-refractivity contribution is 5.92. The zero-order valence-electron chi connectivity index (χ0n) is 18.6. The number of allylic oxidation sites excluding steroid dienone is 1. The lowest BCUT2D eigenvalue weighted by Gasteiger charge is -2.60. The summed E-state index contributed by atoms with van der Waals surface area (Å²) < 4.78 is 5.24. The van der Waals surface area contributed by atoms with Crippen LogP contribution in [0.5, 0.6) is 0 Å². The van der Waals surface area contributed by atoms with Crippen LogP contribution in [0.25, 0.3) is 0 Å². The standard InChI is InChI=1S/C26H35NO4/c1-17-9-10-22-25(2,13-11-23(29)26(22,3)16-28)20(17)15-21(19-12-14-31-24(19)30)27-18-7-5-4-6-8-18/h4-8,12,20-23,27-29H,1,9-11,13-16H2,2-3H3/t20-,21?,22?,23?,25+,26-/m0/s1. The van der Waals surface area contributed by atoms with Gasteiger partial charge in [0.05, 0.1) is 24.3 Å². The third-order valence-electron chi connectivity index (χ3n) is 8.41. The number of benzene rings is 1. The third-order valence-corrected chi connectivity index (χ3v) is 8.41. The van der Waals surface area contributed by atoms with Crippen LogP contribution in [-0.4, -0.2) is 41.5 Å². The van der Waals surface area contributed by atoms with E-state index in [9.17, 15) is 15.0 Å². The van der Waals surface area contributed by atoms with Crippen LogP contribution in [0.15, 0.2) is 54.1 Å². The molecule has 0 aromatic heterocycles. The molecule has 1 heterocycles. The lowest BCUT2D eigenvalue weighted by Crippen LogP contribution is -2.58. The summed E-state index contributed by atoms with van der Waals surface area (Å²) in [4.78, 5) is 12.5. The number of ether oxygens (including phenoxy) is 1. The summed E-state index contributed by atoms with van der Waals surface area (Å²) in [5.74, 6) is 0.127. The topological polar surface area (TPSA) is 78.8 Å². The summed E-state index contributed by atoms with van der Waals surface area (Å²) >= 11 is 0. The Morgan fingerprint density at radius 3 is 2.65 bits per heavy atom. The highest BCUT2D eigenvalue weighted by Gasteiger charge is 2.58. The minimum atomic E-state index is -0.514. The number of hydrogen-bond acceptors (Lipinski definition) is 5. The normalized spacial score (nSPS) is 36.4. The van der Waals surface area contributed by atoms with Crippen molar-refractivity contribution in [2.75, 3.05) is 18.5 Å². The summed E-state index contributed by atoms with van der Waals surface area (Å²) in [6, 6.07) is 9.77. The highest BCUT2D eigenvalue weighted by atomic mass is 16.5. The fourth-order valence-corrected chi connectivity index (χ4v) is 6.53. The summed E-state index contributed by atoms with van der Waals surface area (Å²) in [7, 11) is 0. The number of cyclic esters (lactones) is 1. The van der Waals surface area contributed by atoms with Crippen molar-refractivity contribution in [3.8, 4) is 0 Å². The molecule has 0 saturated heterocycles. The number of aliphatic hydroxyl groups excluding tert-OH is 2. The Hall–Kier alpha value is -2.11. The fraction of sp³-hybridized carbons (Fsp3) is 0.577. The number of anilines is 1. The summed E-state index contributed by atoms with van der Waals surface area (Å²) in [6.07, 6.45) is 5.51. The first kappa shape index (κ1) is 22.1. The van der Waals surface area contributed by atoms with Crippen molar-refractivity contribution in [1.82, 2.24) is 0 Å². The van der Waals surface area contributed by atoms with Gasteiger partial charge in [0.1, 0.15) is 6.61 Å². The molecule has 168 valence electrons. The number of fused-ring (bicyclic) bond motifs is 1. The number of aliphatic hydroxyl groups is 2. The SMILES string of the molecule is C=C1CCC2[C@](C)(CO)C(O)CC[C@]2(C)[C@H]1CC(Nc1ccccc1)C1=CCOC1=O. The van der Waals surface area contributed by atoms with Gasteiger partial charge in [0.2, 0.25) is 0 Å². The Labute approximate surface area is 185 Å².